The van der Waals surface area contributed by atoms with Crippen LogP contribution in [-0.2, 0) is 0 Å². The molecular weight excluding hydrogens is 268 g/mol. The number of piperazine rings is 1. The quantitative estimate of drug-likeness (QED) is 0.681. The third-order valence-corrected chi connectivity index (χ3v) is 4.02. The van der Waals surface area contributed by atoms with E-state index in [-0.39, 0.29) is 0 Å². The highest BCUT2D eigenvalue weighted by Gasteiger charge is 2.01. The molecule has 2 nitrogen and oxygen atoms in total. The lowest BCUT2D eigenvalue weighted by Crippen LogP contribution is -2.40. The standard InChI is InChI=1S/C14H10.C6H12N2/c1-2-6-12-10-14-8-4-3-7-13(14)9-11(12)5-1;1-2-8-5-3-7-4-6-8/h1-10H;2,7H,1,3-6H2. The van der Waals surface area contributed by atoms with Gasteiger partial charge in [0.1, 0.15) is 0 Å². The molecule has 2 heteroatoms. The molecule has 1 N–H and O–H groups in total. The summed E-state index contributed by atoms with van der Waals surface area (Å²) in [6.07, 6.45) is 1.90. The van der Waals surface area contributed by atoms with Gasteiger partial charge >= 0.3 is 0 Å². The van der Waals surface area contributed by atoms with Crippen molar-refractivity contribution in [1.29, 1.82) is 0 Å². The summed E-state index contributed by atoms with van der Waals surface area (Å²) in [6.45, 7) is 8.12. The Kier molecular flexibility index (Phi) is 4.71. The number of nitrogens with zero attached hydrogens (tertiary/aromatic N) is 1. The molecule has 0 radical (unpaired) electrons. The van der Waals surface area contributed by atoms with E-state index in [4.69, 9.17) is 0 Å². The molecule has 1 saturated heterocycles. The third kappa shape index (κ3) is 3.46. The highest BCUT2D eigenvalue weighted by Crippen LogP contribution is 2.21. The van der Waals surface area contributed by atoms with Gasteiger partial charge in [0.15, 0.2) is 0 Å². The first kappa shape index (κ1) is 14.6. The number of hydrogen-bond acceptors (Lipinski definition) is 2. The monoisotopic (exact) mass is 290 g/mol. The molecule has 0 unspecified atom stereocenters. The Bertz CT molecular complexity index is 653. The Morgan fingerprint density at radius 1 is 0.773 bits per heavy atom. The Hall–Kier alpha value is -2.32. The summed E-state index contributed by atoms with van der Waals surface area (Å²) in [4.78, 5) is 2.22. The molecule has 0 bridgehead atoms. The van der Waals surface area contributed by atoms with Crippen molar-refractivity contribution < 1.29 is 0 Å². The summed E-state index contributed by atoms with van der Waals surface area (Å²) in [7, 11) is 0. The molecule has 22 heavy (non-hydrogen) atoms. The van der Waals surface area contributed by atoms with Crippen LogP contribution in [0.4, 0.5) is 0 Å². The average Bonchev–Trinajstić information content (AvgIpc) is 2.61. The average molecular weight is 290 g/mol. The van der Waals surface area contributed by atoms with Gasteiger partial charge in [0.2, 0.25) is 0 Å². The first-order valence-electron chi connectivity index (χ1n) is 7.82. The van der Waals surface area contributed by atoms with E-state index in [1.165, 1.54) is 21.5 Å². The summed E-state index contributed by atoms with van der Waals surface area (Å²) >= 11 is 0. The minimum atomic E-state index is 1.10. The molecule has 0 amide bonds. The Morgan fingerprint density at radius 3 is 1.50 bits per heavy atom. The Labute approximate surface area is 132 Å². The smallest absolute Gasteiger partial charge is 0.0298 e. The van der Waals surface area contributed by atoms with Gasteiger partial charge in [0.25, 0.3) is 0 Å². The summed E-state index contributed by atoms with van der Waals surface area (Å²) in [5.74, 6) is 0. The Morgan fingerprint density at radius 2 is 1.18 bits per heavy atom. The van der Waals surface area contributed by atoms with E-state index in [0.29, 0.717) is 0 Å². The van der Waals surface area contributed by atoms with Gasteiger partial charge in [-0.2, -0.15) is 0 Å². The second-order valence-corrected chi connectivity index (χ2v) is 5.52. The van der Waals surface area contributed by atoms with E-state index in [1.54, 1.807) is 0 Å². The van der Waals surface area contributed by atoms with Crippen molar-refractivity contribution in [3.63, 3.8) is 0 Å². The van der Waals surface area contributed by atoms with Crippen LogP contribution in [0.25, 0.3) is 21.5 Å². The molecule has 112 valence electrons. The van der Waals surface area contributed by atoms with Crippen LogP contribution < -0.4 is 5.32 Å². The van der Waals surface area contributed by atoms with Crippen LogP contribution in [0.15, 0.2) is 73.4 Å². The fourth-order valence-corrected chi connectivity index (χ4v) is 2.75. The molecule has 0 saturated carbocycles. The largest absolute Gasteiger partial charge is 0.375 e. The predicted molar refractivity (Wildman–Crippen MR) is 96.1 cm³/mol. The molecule has 4 rings (SSSR count). The van der Waals surface area contributed by atoms with Crippen LogP contribution in [0.1, 0.15) is 0 Å². The van der Waals surface area contributed by atoms with Crippen molar-refractivity contribution in [2.24, 2.45) is 0 Å². The van der Waals surface area contributed by atoms with Crippen molar-refractivity contribution in [3.8, 4) is 0 Å². The highest BCUT2D eigenvalue weighted by atomic mass is 15.2. The number of benzene rings is 3. The summed E-state index contributed by atoms with van der Waals surface area (Å²) in [5.41, 5.74) is 0. The fraction of sp³-hybridized carbons (Fsp3) is 0.200. The van der Waals surface area contributed by atoms with E-state index < -0.39 is 0 Å². The van der Waals surface area contributed by atoms with Gasteiger partial charge in [-0.3, -0.25) is 0 Å². The molecule has 1 fully saturated rings. The first-order valence-corrected chi connectivity index (χ1v) is 7.82. The summed E-state index contributed by atoms with van der Waals surface area (Å²) in [5, 5.41) is 8.50. The van der Waals surface area contributed by atoms with Gasteiger partial charge < -0.3 is 10.2 Å². The molecular formula is C20H22N2. The molecule has 3 aromatic rings. The number of hydrogen-bond donors (Lipinski definition) is 1. The molecule has 0 atom stereocenters. The van der Waals surface area contributed by atoms with E-state index >= 15 is 0 Å². The van der Waals surface area contributed by atoms with Crippen LogP contribution >= 0.6 is 0 Å². The van der Waals surface area contributed by atoms with E-state index in [0.717, 1.165) is 26.2 Å². The van der Waals surface area contributed by atoms with Gasteiger partial charge in [-0.15, -0.1) is 0 Å². The van der Waals surface area contributed by atoms with Crippen LogP contribution in [0.5, 0.6) is 0 Å². The van der Waals surface area contributed by atoms with Gasteiger partial charge in [0.05, 0.1) is 0 Å². The first-order chi connectivity index (χ1) is 10.9. The third-order valence-electron chi connectivity index (χ3n) is 4.02. The van der Waals surface area contributed by atoms with Crippen LogP contribution in [-0.4, -0.2) is 31.1 Å². The van der Waals surface area contributed by atoms with E-state index in [1.807, 2.05) is 6.20 Å². The van der Waals surface area contributed by atoms with Crippen LogP contribution in [0.2, 0.25) is 0 Å². The SMILES string of the molecule is C=CN1CCNCC1.c1ccc2cc3ccccc3cc2c1. The maximum absolute atomic E-state index is 3.68. The zero-order valence-electron chi connectivity index (χ0n) is 12.8. The molecule has 0 aliphatic carbocycles. The molecule has 3 aromatic carbocycles. The number of fused-ring (bicyclic) bond motifs is 2. The van der Waals surface area contributed by atoms with Crippen molar-refractivity contribution >= 4 is 21.5 Å². The van der Waals surface area contributed by atoms with Crippen molar-refractivity contribution in [2.75, 3.05) is 26.2 Å². The van der Waals surface area contributed by atoms with E-state index in [2.05, 4.69) is 77.5 Å². The normalized spacial score (nSPS) is 14.5. The predicted octanol–water partition coefficient (Wildman–Crippen LogP) is 4.03. The maximum atomic E-state index is 3.68. The molecule has 1 aliphatic heterocycles. The van der Waals surface area contributed by atoms with Gasteiger partial charge in [-0.25, -0.2) is 0 Å². The van der Waals surface area contributed by atoms with Crippen LogP contribution in [0.3, 0.4) is 0 Å². The molecule has 1 heterocycles. The van der Waals surface area contributed by atoms with E-state index in [9.17, 15) is 0 Å². The maximum Gasteiger partial charge on any atom is 0.0298 e. The minimum Gasteiger partial charge on any atom is -0.375 e. The number of rotatable bonds is 1. The van der Waals surface area contributed by atoms with Crippen molar-refractivity contribution in [1.82, 2.24) is 10.2 Å². The van der Waals surface area contributed by atoms with Gasteiger partial charge in [-0.05, 0) is 39.9 Å². The zero-order chi connectivity index (χ0) is 15.2. The minimum absolute atomic E-state index is 1.10. The summed E-state index contributed by atoms with van der Waals surface area (Å²) in [6, 6.07) is 21.4. The zero-order valence-corrected chi connectivity index (χ0v) is 12.8. The summed E-state index contributed by atoms with van der Waals surface area (Å²) < 4.78 is 0. The van der Waals surface area contributed by atoms with Gasteiger partial charge in [0, 0.05) is 26.2 Å². The van der Waals surface area contributed by atoms with Crippen molar-refractivity contribution in [2.45, 2.75) is 0 Å². The lowest BCUT2D eigenvalue weighted by molar-refractivity contribution is 0.325. The van der Waals surface area contributed by atoms with Gasteiger partial charge in [-0.1, -0.05) is 55.1 Å². The van der Waals surface area contributed by atoms with Crippen molar-refractivity contribution in [3.05, 3.63) is 73.4 Å². The fourth-order valence-electron chi connectivity index (χ4n) is 2.75. The topological polar surface area (TPSA) is 15.3 Å². The second-order valence-electron chi connectivity index (χ2n) is 5.52. The molecule has 0 aromatic heterocycles. The van der Waals surface area contributed by atoms with Crippen LogP contribution in [0, 0.1) is 0 Å². The molecule has 0 spiro atoms. The lowest BCUT2D eigenvalue weighted by Gasteiger charge is -2.24. The Balaban J connectivity index is 0.000000154. The lowest BCUT2D eigenvalue weighted by atomic mass is 10.0. The second kappa shape index (κ2) is 7.10. The molecule has 1 aliphatic rings. The number of nitrogens with one attached hydrogen (secondary N) is 1. The highest BCUT2D eigenvalue weighted by molar-refractivity contribution is 5.98.